The van der Waals surface area contributed by atoms with E-state index in [-0.39, 0.29) is 5.91 Å². The number of aromatic nitrogens is 3. The van der Waals surface area contributed by atoms with Gasteiger partial charge in [0.25, 0.3) is 11.5 Å². The standard InChI is InChI=1S/C29H25ClN4O5/c1-32-22-16-34(26(17-10-12-19(30)13-11-17)25(22)28(36)33(2)29(32)37)21-15-23(38-3)20(14-24(21)39-4)31-27(35)18-8-6-5-7-9-18/h5-16H,1-4H3,(H,31,35). The third kappa shape index (κ3) is 4.46. The van der Waals surface area contributed by atoms with E-state index in [1.54, 1.807) is 78.5 Å². The van der Waals surface area contributed by atoms with Gasteiger partial charge in [-0.3, -0.25) is 18.7 Å². The lowest BCUT2D eigenvalue weighted by atomic mass is 10.1. The van der Waals surface area contributed by atoms with Gasteiger partial charge >= 0.3 is 5.69 Å². The molecule has 9 nitrogen and oxygen atoms in total. The quantitative estimate of drug-likeness (QED) is 0.336. The molecule has 3 aromatic carbocycles. The van der Waals surface area contributed by atoms with Crippen LogP contribution in [0.1, 0.15) is 10.4 Å². The van der Waals surface area contributed by atoms with Crippen molar-refractivity contribution in [2.45, 2.75) is 0 Å². The predicted octanol–water partition coefficient (Wildman–Crippen LogP) is 4.62. The second kappa shape index (κ2) is 10.2. The Bertz CT molecular complexity index is 1840. The minimum atomic E-state index is -0.448. The summed E-state index contributed by atoms with van der Waals surface area (Å²) in [6.45, 7) is 0. The average molecular weight is 545 g/mol. The number of benzene rings is 3. The summed E-state index contributed by atoms with van der Waals surface area (Å²) in [6, 6.07) is 19.2. The van der Waals surface area contributed by atoms with Crippen molar-refractivity contribution in [1.29, 1.82) is 0 Å². The third-order valence-electron chi connectivity index (χ3n) is 6.60. The SMILES string of the molecule is COc1cc(-n2cc3c(c2-c2ccc(Cl)cc2)c(=O)n(C)c(=O)n3C)c(OC)cc1NC(=O)c1ccccc1. The number of ether oxygens (including phenoxy) is 2. The van der Waals surface area contributed by atoms with Crippen molar-refractivity contribution < 1.29 is 14.3 Å². The Morgan fingerprint density at radius 1 is 0.872 bits per heavy atom. The van der Waals surface area contributed by atoms with Crippen LogP contribution in [-0.4, -0.2) is 33.8 Å². The molecule has 5 rings (SSSR count). The first-order valence-electron chi connectivity index (χ1n) is 11.9. The highest BCUT2D eigenvalue weighted by Crippen LogP contribution is 2.40. The molecule has 0 saturated carbocycles. The summed E-state index contributed by atoms with van der Waals surface area (Å²) in [4.78, 5) is 39.0. The molecular formula is C29H25ClN4O5. The summed E-state index contributed by atoms with van der Waals surface area (Å²) >= 11 is 6.15. The Balaban J connectivity index is 1.77. The predicted molar refractivity (Wildman–Crippen MR) is 152 cm³/mol. The number of anilines is 1. The minimum absolute atomic E-state index is 0.309. The number of halogens is 1. The van der Waals surface area contributed by atoms with Crippen molar-refractivity contribution in [3.05, 3.63) is 104 Å². The molecular weight excluding hydrogens is 520 g/mol. The van der Waals surface area contributed by atoms with E-state index in [1.165, 1.54) is 25.8 Å². The zero-order valence-electron chi connectivity index (χ0n) is 21.7. The molecule has 0 radical (unpaired) electrons. The minimum Gasteiger partial charge on any atom is -0.494 e. The van der Waals surface area contributed by atoms with Crippen LogP contribution in [0.25, 0.3) is 27.8 Å². The smallest absolute Gasteiger partial charge is 0.330 e. The molecule has 0 atom stereocenters. The molecule has 10 heteroatoms. The number of carbonyl (C=O) groups excluding carboxylic acids is 1. The number of aryl methyl sites for hydroxylation is 1. The highest BCUT2D eigenvalue weighted by atomic mass is 35.5. The Labute approximate surface area is 228 Å². The summed E-state index contributed by atoms with van der Waals surface area (Å²) in [6.07, 6.45) is 1.71. The van der Waals surface area contributed by atoms with E-state index >= 15 is 0 Å². The highest BCUT2D eigenvalue weighted by molar-refractivity contribution is 6.30. The number of methoxy groups -OCH3 is 2. The maximum atomic E-state index is 13.4. The maximum Gasteiger partial charge on any atom is 0.330 e. The van der Waals surface area contributed by atoms with Crippen LogP contribution in [0.5, 0.6) is 11.5 Å². The Morgan fingerprint density at radius 2 is 1.54 bits per heavy atom. The molecule has 0 aliphatic rings. The number of rotatable bonds is 6. The number of hydrogen-bond donors (Lipinski definition) is 1. The molecule has 0 bridgehead atoms. The zero-order chi connectivity index (χ0) is 27.8. The molecule has 2 aromatic heterocycles. The van der Waals surface area contributed by atoms with Crippen molar-refractivity contribution in [1.82, 2.24) is 13.7 Å². The molecule has 0 aliphatic carbocycles. The van der Waals surface area contributed by atoms with Crippen LogP contribution in [0.15, 0.2) is 82.5 Å². The number of nitrogens with zero attached hydrogens (tertiary/aromatic N) is 3. The van der Waals surface area contributed by atoms with Crippen molar-refractivity contribution in [2.75, 3.05) is 19.5 Å². The second-order valence-electron chi connectivity index (χ2n) is 8.87. The van der Waals surface area contributed by atoms with E-state index in [0.29, 0.717) is 55.6 Å². The first kappa shape index (κ1) is 25.9. The molecule has 1 amide bonds. The molecule has 5 aromatic rings. The zero-order valence-corrected chi connectivity index (χ0v) is 22.4. The number of carbonyl (C=O) groups is 1. The fraction of sp³-hybridized carbons (Fsp3) is 0.138. The van der Waals surface area contributed by atoms with Gasteiger partial charge < -0.3 is 19.4 Å². The lowest BCUT2D eigenvalue weighted by Gasteiger charge is -2.18. The first-order valence-corrected chi connectivity index (χ1v) is 12.3. The maximum absolute atomic E-state index is 13.4. The second-order valence-corrected chi connectivity index (χ2v) is 9.30. The van der Waals surface area contributed by atoms with Gasteiger partial charge in [0.1, 0.15) is 11.5 Å². The van der Waals surface area contributed by atoms with E-state index in [1.807, 2.05) is 6.07 Å². The first-order chi connectivity index (χ1) is 18.7. The van der Waals surface area contributed by atoms with Crippen molar-refractivity contribution >= 4 is 34.1 Å². The number of nitrogens with one attached hydrogen (secondary N) is 1. The lowest BCUT2D eigenvalue weighted by molar-refractivity contribution is 0.102. The largest absolute Gasteiger partial charge is 0.494 e. The monoisotopic (exact) mass is 544 g/mol. The molecule has 0 fully saturated rings. The molecule has 2 heterocycles. The summed E-state index contributed by atoms with van der Waals surface area (Å²) in [7, 11) is 6.06. The van der Waals surface area contributed by atoms with E-state index in [4.69, 9.17) is 21.1 Å². The van der Waals surface area contributed by atoms with Crippen LogP contribution < -0.4 is 26.0 Å². The fourth-order valence-electron chi connectivity index (χ4n) is 4.57. The van der Waals surface area contributed by atoms with Crippen molar-refractivity contribution in [3.63, 3.8) is 0 Å². The number of amides is 1. The Kier molecular flexibility index (Phi) is 6.76. The molecule has 39 heavy (non-hydrogen) atoms. The highest BCUT2D eigenvalue weighted by Gasteiger charge is 2.23. The van der Waals surface area contributed by atoms with Gasteiger partial charge in [-0.25, -0.2) is 4.79 Å². The third-order valence-corrected chi connectivity index (χ3v) is 6.85. The van der Waals surface area contributed by atoms with E-state index in [2.05, 4.69) is 5.32 Å². The average Bonchev–Trinajstić information content (AvgIpc) is 3.36. The van der Waals surface area contributed by atoms with E-state index < -0.39 is 11.2 Å². The lowest BCUT2D eigenvalue weighted by Crippen LogP contribution is -2.36. The summed E-state index contributed by atoms with van der Waals surface area (Å²) in [5, 5.41) is 3.77. The van der Waals surface area contributed by atoms with E-state index in [9.17, 15) is 14.4 Å². The van der Waals surface area contributed by atoms with Crippen LogP contribution in [-0.2, 0) is 14.1 Å². The van der Waals surface area contributed by atoms with Gasteiger partial charge in [-0.1, -0.05) is 41.9 Å². The normalized spacial score (nSPS) is 11.0. The topological polar surface area (TPSA) is 96.5 Å². The number of hydrogen-bond acceptors (Lipinski definition) is 5. The molecule has 0 unspecified atom stereocenters. The summed E-state index contributed by atoms with van der Waals surface area (Å²) in [5.74, 6) is 0.462. The van der Waals surface area contributed by atoms with Crippen molar-refractivity contribution in [3.8, 4) is 28.4 Å². The molecule has 198 valence electrons. The van der Waals surface area contributed by atoms with Gasteiger partial charge in [-0.15, -0.1) is 0 Å². The van der Waals surface area contributed by atoms with Crippen LogP contribution in [0, 0.1) is 0 Å². The number of fused-ring (bicyclic) bond motifs is 1. The van der Waals surface area contributed by atoms with Crippen LogP contribution in [0.4, 0.5) is 5.69 Å². The van der Waals surface area contributed by atoms with Gasteiger partial charge in [-0.05, 0) is 29.8 Å². The van der Waals surface area contributed by atoms with E-state index in [0.717, 1.165) is 4.57 Å². The van der Waals surface area contributed by atoms with Crippen LogP contribution in [0.2, 0.25) is 5.02 Å². The molecule has 0 saturated heterocycles. The van der Waals surface area contributed by atoms with Gasteiger partial charge in [0.15, 0.2) is 0 Å². The van der Waals surface area contributed by atoms with Gasteiger partial charge in [-0.2, -0.15) is 0 Å². The summed E-state index contributed by atoms with van der Waals surface area (Å²) in [5.41, 5.74) is 2.22. The molecule has 0 spiro atoms. The van der Waals surface area contributed by atoms with Crippen LogP contribution >= 0.6 is 11.6 Å². The molecule has 0 aliphatic heterocycles. The Morgan fingerprint density at radius 3 is 2.18 bits per heavy atom. The Hall–Kier alpha value is -4.76. The fourth-order valence-corrected chi connectivity index (χ4v) is 4.70. The van der Waals surface area contributed by atoms with Gasteiger partial charge in [0.2, 0.25) is 0 Å². The van der Waals surface area contributed by atoms with Crippen LogP contribution in [0.3, 0.4) is 0 Å². The summed E-state index contributed by atoms with van der Waals surface area (Å²) < 4.78 is 15.7. The van der Waals surface area contributed by atoms with Crippen molar-refractivity contribution in [2.24, 2.45) is 14.1 Å². The van der Waals surface area contributed by atoms with Gasteiger partial charge in [0, 0.05) is 43.0 Å². The van der Waals surface area contributed by atoms with Gasteiger partial charge in [0.05, 0.1) is 42.2 Å². The molecule has 1 N–H and O–H groups in total.